The predicted molar refractivity (Wildman–Crippen MR) is 91.5 cm³/mol. The van der Waals surface area contributed by atoms with Crippen molar-refractivity contribution in [2.24, 2.45) is 0 Å². The molecule has 0 aliphatic heterocycles. The van der Waals surface area contributed by atoms with Gasteiger partial charge in [0.2, 0.25) is 0 Å². The minimum atomic E-state index is -0.840. The fourth-order valence-corrected chi connectivity index (χ4v) is 2.27. The maximum Gasteiger partial charge on any atom is 0.426 e. The summed E-state index contributed by atoms with van der Waals surface area (Å²) in [5.74, 6) is -1.26. The molecule has 2 aromatic rings. The third-order valence-corrected chi connectivity index (χ3v) is 3.26. The average Bonchev–Trinajstić information content (AvgIpc) is 2.51. The lowest BCUT2D eigenvalue weighted by Gasteiger charge is -2.20. The molecule has 0 aliphatic rings. The number of benzene rings is 1. The van der Waals surface area contributed by atoms with Crippen molar-refractivity contribution >= 4 is 23.6 Å². The Kier molecular flexibility index (Phi) is 5.58. The first-order valence-corrected chi connectivity index (χ1v) is 7.75. The molecule has 8 heteroatoms. The van der Waals surface area contributed by atoms with E-state index in [9.17, 15) is 14.0 Å². The van der Waals surface area contributed by atoms with E-state index in [0.717, 1.165) is 0 Å². The van der Waals surface area contributed by atoms with E-state index in [0.29, 0.717) is 0 Å². The number of hydrogen-bond donors (Lipinski definition) is 2. The summed E-state index contributed by atoms with van der Waals surface area (Å²) in [5.41, 5.74) is 3.95. The summed E-state index contributed by atoms with van der Waals surface area (Å²) < 4.78 is 19.1. The van der Waals surface area contributed by atoms with E-state index < -0.39 is 23.4 Å². The molecule has 6 nitrogen and oxygen atoms in total. The molecule has 0 spiro atoms. The van der Waals surface area contributed by atoms with Crippen LogP contribution in [0.1, 0.15) is 31.1 Å². The van der Waals surface area contributed by atoms with E-state index in [2.05, 4.69) is 15.8 Å². The number of pyridine rings is 1. The van der Waals surface area contributed by atoms with E-state index in [1.807, 2.05) is 0 Å². The van der Waals surface area contributed by atoms with Crippen LogP contribution in [0.25, 0.3) is 11.1 Å². The third-order valence-electron chi connectivity index (χ3n) is 2.97. The van der Waals surface area contributed by atoms with E-state index in [1.54, 1.807) is 26.8 Å². The van der Waals surface area contributed by atoms with Crippen molar-refractivity contribution in [3.8, 4) is 11.1 Å². The molecule has 1 heterocycles. The lowest BCUT2D eigenvalue weighted by molar-refractivity contribution is 0.0483. The van der Waals surface area contributed by atoms with Crippen LogP contribution >= 0.6 is 11.6 Å². The second-order valence-electron chi connectivity index (χ2n) is 6.09. The Labute approximate surface area is 149 Å². The zero-order valence-electron chi connectivity index (χ0n) is 13.9. The van der Waals surface area contributed by atoms with Gasteiger partial charge < -0.3 is 4.74 Å². The Balaban J connectivity index is 2.26. The normalized spacial score (nSPS) is 10.9. The second-order valence-corrected chi connectivity index (χ2v) is 6.44. The smallest absolute Gasteiger partial charge is 0.426 e. The van der Waals surface area contributed by atoms with Crippen molar-refractivity contribution in [3.63, 3.8) is 0 Å². The van der Waals surface area contributed by atoms with Crippen LogP contribution in [-0.4, -0.2) is 22.6 Å². The third kappa shape index (κ3) is 4.90. The van der Waals surface area contributed by atoms with Gasteiger partial charge in [-0.05, 0) is 32.9 Å². The molecule has 2 rings (SSSR count). The molecule has 2 N–H and O–H groups in total. The van der Waals surface area contributed by atoms with Crippen molar-refractivity contribution < 1.29 is 18.7 Å². The molecular weight excluding hydrogens is 349 g/mol. The topological polar surface area (TPSA) is 80.3 Å². The molecule has 25 heavy (non-hydrogen) atoms. The van der Waals surface area contributed by atoms with Crippen LogP contribution in [0.4, 0.5) is 9.18 Å². The molecular formula is C17H17ClFN3O3. The van der Waals surface area contributed by atoms with Gasteiger partial charge in [-0.3, -0.25) is 10.2 Å². The first kappa shape index (κ1) is 18.7. The zero-order chi connectivity index (χ0) is 18.6. The molecule has 132 valence electrons. The fraction of sp³-hybridized carbons (Fsp3) is 0.235. The highest BCUT2D eigenvalue weighted by atomic mass is 35.5. The molecule has 2 amide bonds. The van der Waals surface area contributed by atoms with Crippen molar-refractivity contribution in [1.82, 2.24) is 15.8 Å². The van der Waals surface area contributed by atoms with Gasteiger partial charge in [0.25, 0.3) is 5.91 Å². The first-order valence-electron chi connectivity index (χ1n) is 7.38. The van der Waals surface area contributed by atoms with Crippen LogP contribution < -0.4 is 10.9 Å². The maximum atomic E-state index is 14.1. The van der Waals surface area contributed by atoms with Crippen molar-refractivity contribution in [3.05, 3.63) is 53.1 Å². The van der Waals surface area contributed by atoms with Crippen LogP contribution in [-0.2, 0) is 4.74 Å². The number of carbonyl (C=O) groups excluding carboxylic acids is 2. The van der Waals surface area contributed by atoms with Gasteiger partial charge >= 0.3 is 6.09 Å². The predicted octanol–water partition coefficient (Wildman–Crippen LogP) is 3.71. The summed E-state index contributed by atoms with van der Waals surface area (Å²) in [6.45, 7) is 5.05. The van der Waals surface area contributed by atoms with Gasteiger partial charge in [0.1, 0.15) is 16.6 Å². The van der Waals surface area contributed by atoms with E-state index in [4.69, 9.17) is 16.3 Å². The summed E-state index contributed by atoms with van der Waals surface area (Å²) in [6, 6.07) is 7.41. The zero-order valence-corrected chi connectivity index (χ0v) is 14.6. The van der Waals surface area contributed by atoms with Crippen LogP contribution in [0, 0.1) is 5.82 Å². The van der Waals surface area contributed by atoms with Gasteiger partial charge in [-0.2, -0.15) is 0 Å². The summed E-state index contributed by atoms with van der Waals surface area (Å²) in [7, 11) is 0. The number of rotatable bonds is 2. The number of amides is 2. The second kappa shape index (κ2) is 7.48. The molecule has 0 radical (unpaired) electrons. The lowest BCUT2D eigenvalue weighted by Crippen LogP contribution is -2.44. The van der Waals surface area contributed by atoms with Gasteiger partial charge in [0.15, 0.2) is 0 Å². The Morgan fingerprint density at radius 2 is 1.80 bits per heavy atom. The Morgan fingerprint density at radius 3 is 2.44 bits per heavy atom. The van der Waals surface area contributed by atoms with Crippen molar-refractivity contribution in [2.75, 3.05) is 0 Å². The van der Waals surface area contributed by atoms with Gasteiger partial charge in [0.05, 0.1) is 5.56 Å². The highest BCUT2D eigenvalue weighted by Gasteiger charge is 2.21. The molecule has 1 aromatic carbocycles. The van der Waals surface area contributed by atoms with Gasteiger partial charge in [-0.15, -0.1) is 0 Å². The molecule has 0 atom stereocenters. The molecule has 1 aromatic heterocycles. The summed E-state index contributed by atoms with van der Waals surface area (Å²) in [4.78, 5) is 27.9. The minimum Gasteiger partial charge on any atom is -0.443 e. The van der Waals surface area contributed by atoms with Crippen molar-refractivity contribution in [1.29, 1.82) is 0 Å². The number of nitrogens with zero attached hydrogens (tertiary/aromatic N) is 1. The van der Waals surface area contributed by atoms with Crippen LogP contribution in [0.5, 0.6) is 0 Å². The fourth-order valence-electron chi connectivity index (χ4n) is 2.03. The molecule has 0 bridgehead atoms. The minimum absolute atomic E-state index is 0.0645. The van der Waals surface area contributed by atoms with Gasteiger partial charge in [-0.1, -0.05) is 29.8 Å². The highest BCUT2D eigenvalue weighted by Crippen LogP contribution is 2.29. The maximum absolute atomic E-state index is 14.1. The van der Waals surface area contributed by atoms with E-state index >= 15 is 0 Å². The van der Waals surface area contributed by atoms with E-state index in [1.165, 1.54) is 30.5 Å². The van der Waals surface area contributed by atoms with Crippen LogP contribution in [0.3, 0.4) is 0 Å². The van der Waals surface area contributed by atoms with E-state index in [-0.39, 0.29) is 21.8 Å². The molecule has 0 saturated carbocycles. The quantitative estimate of drug-likeness (QED) is 0.628. The number of ether oxygens (including phenoxy) is 1. The largest absolute Gasteiger partial charge is 0.443 e. The number of hydrogen-bond acceptors (Lipinski definition) is 4. The Morgan fingerprint density at radius 1 is 1.12 bits per heavy atom. The number of carbonyl (C=O) groups is 2. The number of halogens is 2. The molecule has 0 unspecified atom stereocenters. The van der Waals surface area contributed by atoms with Gasteiger partial charge in [0, 0.05) is 17.3 Å². The highest BCUT2D eigenvalue weighted by molar-refractivity contribution is 6.33. The summed E-state index contributed by atoms with van der Waals surface area (Å²) in [5, 5.41) is -0.121. The average molecular weight is 366 g/mol. The summed E-state index contributed by atoms with van der Waals surface area (Å²) in [6.07, 6.45) is 0.524. The number of aromatic nitrogens is 1. The van der Waals surface area contributed by atoms with Crippen molar-refractivity contribution in [2.45, 2.75) is 26.4 Å². The standard InChI is InChI=1S/C17H17ClFN3O3/c1-17(2,3)25-16(24)22-21-15(23)13-11(8-9-20-14(13)18)10-6-4-5-7-12(10)19/h4-9H,1-3H3,(H,21,23)(H,22,24). The Hall–Kier alpha value is -2.67. The molecule has 0 fully saturated rings. The Bertz CT molecular complexity index is 806. The first-order chi connectivity index (χ1) is 11.7. The van der Waals surface area contributed by atoms with Crippen LogP contribution in [0.2, 0.25) is 5.15 Å². The lowest BCUT2D eigenvalue weighted by atomic mass is 10.0. The van der Waals surface area contributed by atoms with Gasteiger partial charge in [-0.25, -0.2) is 19.6 Å². The monoisotopic (exact) mass is 365 g/mol. The number of hydrazine groups is 1. The number of nitrogens with one attached hydrogen (secondary N) is 2. The molecule has 0 aliphatic carbocycles. The summed E-state index contributed by atoms with van der Waals surface area (Å²) >= 11 is 6.01. The van der Waals surface area contributed by atoms with Crippen LogP contribution in [0.15, 0.2) is 36.5 Å². The molecule has 0 saturated heterocycles. The SMILES string of the molecule is CC(C)(C)OC(=O)NNC(=O)c1c(-c2ccccc2F)ccnc1Cl.